The third-order valence-corrected chi connectivity index (χ3v) is 5.52. The molecule has 2 aromatic rings. The average Bonchev–Trinajstić information content (AvgIpc) is 2.73. The number of ether oxygens (including phenoxy) is 2. The van der Waals surface area contributed by atoms with Gasteiger partial charge in [-0.3, -0.25) is 4.79 Å². The van der Waals surface area contributed by atoms with E-state index in [9.17, 15) is 4.79 Å². The Bertz CT molecular complexity index is 834. The average molecular weight is 387 g/mol. The zero-order valence-electron chi connectivity index (χ0n) is 15.4. The van der Waals surface area contributed by atoms with Gasteiger partial charge in [-0.05, 0) is 42.3 Å². The lowest BCUT2D eigenvalue weighted by Crippen LogP contribution is -2.51. The first-order chi connectivity index (χ1) is 13.1. The van der Waals surface area contributed by atoms with Crippen LogP contribution in [0.5, 0.6) is 11.5 Å². The third-order valence-electron chi connectivity index (χ3n) is 5.29. The maximum atomic E-state index is 13.0. The molecule has 27 heavy (non-hydrogen) atoms. The molecule has 142 valence electrons. The number of hydrogen-bond acceptors (Lipinski definition) is 4. The second-order valence-electron chi connectivity index (χ2n) is 6.98. The molecule has 0 unspecified atom stereocenters. The highest BCUT2D eigenvalue weighted by Crippen LogP contribution is 2.31. The van der Waals surface area contributed by atoms with Crippen molar-refractivity contribution in [3.63, 3.8) is 0 Å². The van der Waals surface area contributed by atoms with Gasteiger partial charge < -0.3 is 19.3 Å². The van der Waals surface area contributed by atoms with E-state index in [1.807, 2.05) is 41.3 Å². The fourth-order valence-corrected chi connectivity index (χ4v) is 3.97. The second kappa shape index (κ2) is 7.69. The number of anilines is 1. The Labute approximate surface area is 164 Å². The maximum absolute atomic E-state index is 13.0. The molecule has 2 aliphatic heterocycles. The van der Waals surface area contributed by atoms with Gasteiger partial charge in [0.1, 0.15) is 18.1 Å². The lowest BCUT2D eigenvalue weighted by Gasteiger charge is -2.38. The molecule has 1 atom stereocenters. The molecule has 0 radical (unpaired) electrons. The van der Waals surface area contributed by atoms with Gasteiger partial charge in [0.15, 0.2) is 0 Å². The minimum absolute atomic E-state index is 0.140. The maximum Gasteiger partial charge on any atom is 0.229 e. The molecule has 0 saturated carbocycles. The molecule has 0 aliphatic carbocycles. The number of piperazine rings is 1. The van der Waals surface area contributed by atoms with Gasteiger partial charge in [-0.1, -0.05) is 17.7 Å². The number of hydrogen-bond donors (Lipinski definition) is 0. The summed E-state index contributed by atoms with van der Waals surface area (Å²) in [5.41, 5.74) is 2.15. The van der Waals surface area contributed by atoms with Gasteiger partial charge in [0.2, 0.25) is 5.91 Å². The van der Waals surface area contributed by atoms with Crippen LogP contribution in [-0.4, -0.2) is 50.7 Å². The molecule has 2 aliphatic rings. The summed E-state index contributed by atoms with van der Waals surface area (Å²) >= 11 is 6.08. The molecule has 0 bridgehead atoms. The molecule has 0 N–H and O–H groups in total. The van der Waals surface area contributed by atoms with Crippen LogP contribution >= 0.6 is 11.6 Å². The number of nitrogens with zero attached hydrogens (tertiary/aromatic N) is 2. The standard InChI is InChI=1S/C21H23ClN2O3/c1-26-19-4-2-3-18(13-19)23-7-9-24(10-8-23)21(25)16-11-15-12-17(22)5-6-20(15)27-14-16/h2-6,12-13,16H,7-11,14H2,1H3/t16-/m1/s1. The van der Waals surface area contributed by atoms with Crippen LogP contribution in [0.25, 0.3) is 0 Å². The zero-order chi connectivity index (χ0) is 18.8. The van der Waals surface area contributed by atoms with E-state index in [1.54, 1.807) is 7.11 Å². The Morgan fingerprint density at radius 2 is 1.96 bits per heavy atom. The number of halogens is 1. The minimum atomic E-state index is -0.140. The molecule has 2 heterocycles. The molecule has 2 aromatic carbocycles. The van der Waals surface area contributed by atoms with Gasteiger partial charge >= 0.3 is 0 Å². The van der Waals surface area contributed by atoms with Gasteiger partial charge in [0, 0.05) is 43.0 Å². The number of amides is 1. The molecule has 1 fully saturated rings. The van der Waals surface area contributed by atoms with E-state index in [4.69, 9.17) is 21.1 Å². The lowest BCUT2D eigenvalue weighted by atomic mass is 9.95. The first-order valence-electron chi connectivity index (χ1n) is 9.23. The van der Waals surface area contributed by atoms with Crippen LogP contribution in [-0.2, 0) is 11.2 Å². The van der Waals surface area contributed by atoms with Gasteiger partial charge in [-0.25, -0.2) is 0 Å². The summed E-state index contributed by atoms with van der Waals surface area (Å²) in [4.78, 5) is 17.2. The highest BCUT2D eigenvalue weighted by atomic mass is 35.5. The quantitative estimate of drug-likeness (QED) is 0.812. The summed E-state index contributed by atoms with van der Waals surface area (Å²) in [6.07, 6.45) is 0.685. The van der Waals surface area contributed by atoms with Crippen molar-refractivity contribution in [2.45, 2.75) is 6.42 Å². The van der Waals surface area contributed by atoms with E-state index in [0.717, 1.165) is 48.9 Å². The van der Waals surface area contributed by atoms with E-state index < -0.39 is 0 Å². The number of benzene rings is 2. The summed E-state index contributed by atoms with van der Waals surface area (Å²) in [6, 6.07) is 13.6. The van der Waals surface area contributed by atoms with E-state index in [2.05, 4.69) is 11.0 Å². The number of rotatable bonds is 3. The Morgan fingerprint density at radius 3 is 2.74 bits per heavy atom. The van der Waals surface area contributed by atoms with Crippen LogP contribution in [0, 0.1) is 5.92 Å². The second-order valence-corrected chi connectivity index (χ2v) is 7.41. The summed E-state index contributed by atoms with van der Waals surface area (Å²) in [7, 11) is 1.67. The fourth-order valence-electron chi connectivity index (χ4n) is 3.77. The summed E-state index contributed by atoms with van der Waals surface area (Å²) < 4.78 is 11.1. The van der Waals surface area contributed by atoms with Crippen molar-refractivity contribution in [1.82, 2.24) is 4.90 Å². The van der Waals surface area contributed by atoms with Crippen LogP contribution in [0.2, 0.25) is 5.02 Å². The molecular weight excluding hydrogens is 364 g/mol. The van der Waals surface area contributed by atoms with Crippen molar-refractivity contribution >= 4 is 23.2 Å². The van der Waals surface area contributed by atoms with Crippen molar-refractivity contribution in [1.29, 1.82) is 0 Å². The normalized spacial score (nSPS) is 19.3. The van der Waals surface area contributed by atoms with Crippen molar-refractivity contribution in [2.24, 2.45) is 5.92 Å². The molecular formula is C21H23ClN2O3. The van der Waals surface area contributed by atoms with Gasteiger partial charge in [-0.2, -0.15) is 0 Å². The number of carbonyl (C=O) groups excluding carboxylic acids is 1. The summed E-state index contributed by atoms with van der Waals surface area (Å²) in [6.45, 7) is 3.50. The van der Waals surface area contributed by atoms with Crippen LogP contribution < -0.4 is 14.4 Å². The van der Waals surface area contributed by atoms with E-state index >= 15 is 0 Å². The SMILES string of the molecule is COc1cccc(N2CCN(C(=O)[C@H]3COc4ccc(Cl)cc4C3)CC2)c1. The Hall–Kier alpha value is -2.40. The zero-order valence-corrected chi connectivity index (χ0v) is 16.1. The summed E-state index contributed by atoms with van der Waals surface area (Å²) in [5.74, 6) is 1.72. The first kappa shape index (κ1) is 18.0. The smallest absolute Gasteiger partial charge is 0.229 e. The van der Waals surface area contributed by atoms with Gasteiger partial charge in [-0.15, -0.1) is 0 Å². The molecule has 0 aromatic heterocycles. The van der Waals surface area contributed by atoms with Crippen molar-refractivity contribution < 1.29 is 14.3 Å². The molecule has 0 spiro atoms. The summed E-state index contributed by atoms with van der Waals surface area (Å²) in [5, 5.41) is 0.678. The van der Waals surface area contributed by atoms with Gasteiger partial charge in [0.25, 0.3) is 0 Å². The Kier molecular flexibility index (Phi) is 5.12. The molecule has 4 rings (SSSR count). The largest absolute Gasteiger partial charge is 0.497 e. The number of fused-ring (bicyclic) bond motifs is 1. The molecule has 5 nitrogen and oxygen atoms in total. The molecule has 1 saturated heterocycles. The van der Waals surface area contributed by atoms with Crippen molar-refractivity contribution in [2.75, 3.05) is 44.8 Å². The molecule has 6 heteroatoms. The van der Waals surface area contributed by atoms with Crippen LogP contribution in [0.3, 0.4) is 0 Å². The van der Waals surface area contributed by atoms with Crippen LogP contribution in [0.15, 0.2) is 42.5 Å². The van der Waals surface area contributed by atoms with Gasteiger partial charge in [0.05, 0.1) is 13.0 Å². The highest BCUT2D eigenvalue weighted by Gasteiger charge is 2.31. The number of methoxy groups -OCH3 is 1. The Morgan fingerprint density at radius 1 is 1.15 bits per heavy atom. The third kappa shape index (κ3) is 3.83. The predicted octanol–water partition coefficient (Wildman–Crippen LogP) is 3.25. The minimum Gasteiger partial charge on any atom is -0.497 e. The van der Waals surface area contributed by atoms with Crippen LogP contribution in [0.1, 0.15) is 5.56 Å². The van der Waals surface area contributed by atoms with Crippen molar-refractivity contribution in [3.05, 3.63) is 53.1 Å². The van der Waals surface area contributed by atoms with E-state index in [0.29, 0.717) is 18.1 Å². The molecule has 1 amide bonds. The first-order valence-corrected chi connectivity index (χ1v) is 9.61. The van der Waals surface area contributed by atoms with E-state index in [-0.39, 0.29) is 11.8 Å². The number of carbonyl (C=O) groups is 1. The monoisotopic (exact) mass is 386 g/mol. The predicted molar refractivity (Wildman–Crippen MR) is 106 cm³/mol. The van der Waals surface area contributed by atoms with Crippen LogP contribution in [0.4, 0.5) is 5.69 Å². The van der Waals surface area contributed by atoms with E-state index in [1.165, 1.54) is 0 Å². The fraction of sp³-hybridized carbons (Fsp3) is 0.381. The topological polar surface area (TPSA) is 42.0 Å². The lowest BCUT2D eigenvalue weighted by molar-refractivity contribution is -0.137. The Balaban J connectivity index is 1.37. The van der Waals surface area contributed by atoms with Crippen molar-refractivity contribution in [3.8, 4) is 11.5 Å². The highest BCUT2D eigenvalue weighted by molar-refractivity contribution is 6.30.